The zero-order valence-corrected chi connectivity index (χ0v) is 12.9. The highest BCUT2D eigenvalue weighted by Gasteiger charge is 2.14. The third-order valence-corrected chi connectivity index (χ3v) is 3.88. The van der Waals surface area contributed by atoms with E-state index < -0.39 is 6.10 Å². The summed E-state index contributed by atoms with van der Waals surface area (Å²) < 4.78 is 4.03. The van der Waals surface area contributed by atoms with E-state index in [4.69, 9.17) is 23.2 Å². The molecule has 0 aliphatic heterocycles. The Labute approximate surface area is 130 Å². The Hall–Kier alpha value is -1.14. The molecule has 2 N–H and O–H groups in total. The maximum absolute atomic E-state index is 11.9. The van der Waals surface area contributed by atoms with Crippen LogP contribution in [-0.2, 0) is 0 Å². The van der Waals surface area contributed by atoms with Gasteiger partial charge in [0, 0.05) is 22.0 Å². The molecule has 0 spiro atoms. The molecular weight excluding hydrogens is 319 g/mol. The van der Waals surface area contributed by atoms with E-state index in [0.29, 0.717) is 26.9 Å². The third kappa shape index (κ3) is 3.70. The first-order valence-corrected chi connectivity index (χ1v) is 7.40. The van der Waals surface area contributed by atoms with Gasteiger partial charge < -0.3 is 10.4 Å². The first-order chi connectivity index (χ1) is 9.47. The molecule has 0 fully saturated rings. The molecule has 0 radical (unpaired) electrons. The number of hydrogen-bond donors (Lipinski definition) is 2. The standard InChI is InChI=1S/C13H12Cl2N2O2S/c1-7-11(6-20-17-7)13(19)16-5-12(18)8-2-9(14)4-10(15)3-8/h2-4,6,12,18H,5H2,1H3,(H,16,19). The SMILES string of the molecule is Cc1nscc1C(=O)NCC(O)c1cc(Cl)cc(Cl)c1. The second kappa shape index (κ2) is 6.54. The van der Waals surface area contributed by atoms with Crippen LogP contribution in [0, 0.1) is 6.92 Å². The maximum atomic E-state index is 11.9. The number of carbonyl (C=O) groups excluding carboxylic acids is 1. The van der Waals surface area contributed by atoms with Crippen molar-refractivity contribution in [2.45, 2.75) is 13.0 Å². The number of nitrogens with one attached hydrogen (secondary N) is 1. The summed E-state index contributed by atoms with van der Waals surface area (Å²) >= 11 is 13.0. The largest absolute Gasteiger partial charge is 0.387 e. The van der Waals surface area contributed by atoms with Gasteiger partial charge in [-0.2, -0.15) is 4.37 Å². The quantitative estimate of drug-likeness (QED) is 0.904. The summed E-state index contributed by atoms with van der Waals surface area (Å²) in [4.78, 5) is 11.9. The predicted octanol–water partition coefficient (Wildman–Crippen LogP) is 3.22. The number of hydrogen-bond acceptors (Lipinski definition) is 4. The van der Waals surface area contributed by atoms with Crippen LogP contribution >= 0.6 is 34.7 Å². The molecule has 7 heteroatoms. The number of amides is 1. The number of benzene rings is 1. The molecule has 1 aromatic heterocycles. The number of carbonyl (C=O) groups is 1. The molecule has 2 aromatic rings. The van der Waals surface area contributed by atoms with Gasteiger partial charge in [-0.3, -0.25) is 4.79 Å². The van der Waals surface area contributed by atoms with Gasteiger partial charge in [0.1, 0.15) is 0 Å². The predicted molar refractivity (Wildman–Crippen MR) is 80.6 cm³/mol. The summed E-state index contributed by atoms with van der Waals surface area (Å²) in [6.45, 7) is 1.84. The van der Waals surface area contributed by atoms with E-state index in [1.807, 2.05) is 0 Å². The molecule has 1 atom stereocenters. The Kier molecular flexibility index (Phi) is 4.99. The number of aliphatic hydroxyl groups is 1. The molecule has 0 saturated heterocycles. The topological polar surface area (TPSA) is 62.2 Å². The summed E-state index contributed by atoms with van der Waals surface area (Å²) in [6, 6.07) is 4.81. The van der Waals surface area contributed by atoms with Crippen LogP contribution in [0.3, 0.4) is 0 Å². The Morgan fingerprint density at radius 2 is 2.05 bits per heavy atom. The zero-order valence-electron chi connectivity index (χ0n) is 10.6. The minimum Gasteiger partial charge on any atom is -0.387 e. The molecule has 0 saturated carbocycles. The zero-order chi connectivity index (χ0) is 14.7. The number of aryl methyl sites for hydroxylation is 1. The molecule has 1 aromatic carbocycles. The average Bonchev–Trinajstić information content (AvgIpc) is 2.80. The van der Waals surface area contributed by atoms with Gasteiger partial charge >= 0.3 is 0 Å². The maximum Gasteiger partial charge on any atom is 0.254 e. The van der Waals surface area contributed by atoms with E-state index in [9.17, 15) is 9.90 Å². The highest BCUT2D eigenvalue weighted by atomic mass is 35.5. The van der Waals surface area contributed by atoms with E-state index in [2.05, 4.69) is 9.69 Å². The van der Waals surface area contributed by atoms with E-state index in [-0.39, 0.29) is 12.5 Å². The molecule has 0 aliphatic carbocycles. The molecule has 2 rings (SSSR count). The first kappa shape index (κ1) is 15.3. The van der Waals surface area contributed by atoms with Gasteiger partial charge in [0.15, 0.2) is 0 Å². The van der Waals surface area contributed by atoms with E-state index >= 15 is 0 Å². The second-order valence-electron chi connectivity index (χ2n) is 4.24. The number of rotatable bonds is 4. The summed E-state index contributed by atoms with van der Waals surface area (Å²) in [7, 11) is 0. The summed E-state index contributed by atoms with van der Waals surface area (Å²) in [5.74, 6) is -0.261. The van der Waals surface area contributed by atoms with Crippen molar-refractivity contribution in [2.24, 2.45) is 0 Å². The van der Waals surface area contributed by atoms with E-state index in [1.54, 1.807) is 30.5 Å². The van der Waals surface area contributed by atoms with Gasteiger partial charge in [0.2, 0.25) is 0 Å². The smallest absolute Gasteiger partial charge is 0.254 e. The minimum absolute atomic E-state index is 0.0742. The van der Waals surface area contributed by atoms with Gasteiger partial charge in [0.05, 0.1) is 17.4 Å². The second-order valence-corrected chi connectivity index (χ2v) is 5.74. The van der Waals surface area contributed by atoms with Crippen molar-refractivity contribution in [3.8, 4) is 0 Å². The van der Waals surface area contributed by atoms with Gasteiger partial charge in [0.25, 0.3) is 5.91 Å². The fraction of sp³-hybridized carbons (Fsp3) is 0.231. The monoisotopic (exact) mass is 330 g/mol. The number of nitrogens with zero attached hydrogens (tertiary/aromatic N) is 1. The number of aromatic nitrogens is 1. The lowest BCUT2D eigenvalue weighted by Gasteiger charge is -2.13. The summed E-state index contributed by atoms with van der Waals surface area (Å²) in [5, 5.41) is 15.2. The molecule has 0 aliphatic rings. The highest BCUT2D eigenvalue weighted by molar-refractivity contribution is 7.03. The van der Waals surface area contributed by atoms with Gasteiger partial charge in [-0.25, -0.2) is 0 Å². The van der Waals surface area contributed by atoms with Crippen LogP contribution in [0.1, 0.15) is 27.7 Å². The van der Waals surface area contributed by atoms with Crippen molar-refractivity contribution in [3.05, 3.63) is 50.4 Å². The number of aliphatic hydroxyl groups excluding tert-OH is 1. The van der Waals surface area contributed by atoms with Gasteiger partial charge in [-0.1, -0.05) is 23.2 Å². The van der Waals surface area contributed by atoms with Crippen molar-refractivity contribution in [3.63, 3.8) is 0 Å². The molecule has 4 nitrogen and oxygen atoms in total. The Morgan fingerprint density at radius 1 is 1.40 bits per heavy atom. The average molecular weight is 331 g/mol. The van der Waals surface area contributed by atoms with Crippen LogP contribution in [0.5, 0.6) is 0 Å². The molecular formula is C13H12Cl2N2O2S. The van der Waals surface area contributed by atoms with Gasteiger partial charge in [-0.05, 0) is 42.2 Å². The van der Waals surface area contributed by atoms with Crippen LogP contribution in [0.2, 0.25) is 10.0 Å². The van der Waals surface area contributed by atoms with Crippen molar-refractivity contribution in [1.82, 2.24) is 9.69 Å². The summed E-state index contributed by atoms with van der Waals surface area (Å²) in [5.41, 5.74) is 1.75. The molecule has 0 bridgehead atoms. The molecule has 1 unspecified atom stereocenters. The fourth-order valence-corrected chi connectivity index (χ4v) is 2.92. The van der Waals surface area contributed by atoms with Crippen LogP contribution in [0.25, 0.3) is 0 Å². The highest BCUT2D eigenvalue weighted by Crippen LogP contribution is 2.23. The van der Waals surface area contributed by atoms with Crippen molar-refractivity contribution >= 4 is 40.6 Å². The van der Waals surface area contributed by atoms with Crippen molar-refractivity contribution in [1.29, 1.82) is 0 Å². The lowest BCUT2D eigenvalue weighted by Crippen LogP contribution is -2.28. The Bertz CT molecular complexity index is 610. The minimum atomic E-state index is -0.873. The molecule has 20 heavy (non-hydrogen) atoms. The lowest BCUT2D eigenvalue weighted by molar-refractivity contribution is 0.0916. The van der Waals surface area contributed by atoms with Gasteiger partial charge in [-0.15, -0.1) is 0 Å². The van der Waals surface area contributed by atoms with Crippen LogP contribution in [0.15, 0.2) is 23.6 Å². The van der Waals surface area contributed by atoms with E-state index in [1.165, 1.54) is 11.5 Å². The third-order valence-electron chi connectivity index (χ3n) is 2.72. The van der Waals surface area contributed by atoms with Crippen LogP contribution in [-0.4, -0.2) is 21.9 Å². The molecule has 1 heterocycles. The fourth-order valence-electron chi connectivity index (χ4n) is 1.68. The first-order valence-electron chi connectivity index (χ1n) is 5.80. The molecule has 1 amide bonds. The van der Waals surface area contributed by atoms with Crippen LogP contribution < -0.4 is 5.32 Å². The lowest BCUT2D eigenvalue weighted by atomic mass is 10.1. The summed E-state index contributed by atoms with van der Waals surface area (Å²) in [6.07, 6.45) is -0.873. The van der Waals surface area contributed by atoms with Crippen LogP contribution in [0.4, 0.5) is 0 Å². The Balaban J connectivity index is 2.00. The molecule has 106 valence electrons. The Morgan fingerprint density at radius 3 is 2.60 bits per heavy atom. The van der Waals surface area contributed by atoms with Crippen molar-refractivity contribution < 1.29 is 9.90 Å². The number of halogens is 2. The van der Waals surface area contributed by atoms with Crippen molar-refractivity contribution in [2.75, 3.05) is 6.54 Å². The normalized spacial score (nSPS) is 12.2. The van der Waals surface area contributed by atoms with E-state index in [0.717, 1.165) is 0 Å².